The summed E-state index contributed by atoms with van der Waals surface area (Å²) in [5.41, 5.74) is 0.981. The van der Waals surface area contributed by atoms with Gasteiger partial charge in [-0.2, -0.15) is 12.6 Å². The van der Waals surface area contributed by atoms with Crippen LogP contribution in [-0.2, 0) is 0 Å². The number of hydrogen-bond donors (Lipinski definition) is 1. The molecule has 1 heterocycles. The monoisotopic (exact) mass is 181 g/mol. The van der Waals surface area contributed by atoms with Crippen LogP contribution in [0.4, 0.5) is 0 Å². The summed E-state index contributed by atoms with van der Waals surface area (Å²) in [5, 5.41) is 0. The van der Waals surface area contributed by atoms with E-state index in [2.05, 4.69) is 17.6 Å². The van der Waals surface area contributed by atoms with Crippen LogP contribution in [0.3, 0.4) is 0 Å². The fourth-order valence-corrected chi connectivity index (χ4v) is 0.986. The molecule has 3 heteroatoms. The molecule has 0 aliphatic carbocycles. The molecule has 0 atom stereocenters. The second-order valence-electron chi connectivity index (χ2n) is 2.19. The number of methoxy groups -OCH3 is 1. The molecule has 1 aromatic rings. The van der Waals surface area contributed by atoms with Gasteiger partial charge in [0.2, 0.25) is 5.88 Å². The van der Waals surface area contributed by atoms with Gasteiger partial charge in [-0.15, -0.1) is 0 Å². The van der Waals surface area contributed by atoms with Gasteiger partial charge >= 0.3 is 0 Å². The first-order valence-electron chi connectivity index (χ1n) is 3.65. The van der Waals surface area contributed by atoms with Crippen molar-refractivity contribution in [2.75, 3.05) is 12.9 Å². The molecule has 1 aromatic heterocycles. The molecule has 2 nitrogen and oxygen atoms in total. The van der Waals surface area contributed by atoms with Gasteiger partial charge in [0, 0.05) is 17.5 Å². The first-order valence-corrected chi connectivity index (χ1v) is 4.28. The molecular weight excluding hydrogens is 170 g/mol. The Balaban J connectivity index is 2.89. The summed E-state index contributed by atoms with van der Waals surface area (Å²) in [5.74, 6) is 1.37. The highest BCUT2D eigenvalue weighted by atomic mass is 32.1. The summed E-state index contributed by atoms with van der Waals surface area (Å²) in [6.45, 7) is 0. The number of rotatable bonds is 3. The number of thiol groups is 1. The zero-order chi connectivity index (χ0) is 8.81. The van der Waals surface area contributed by atoms with E-state index in [0.717, 1.165) is 11.3 Å². The zero-order valence-electron chi connectivity index (χ0n) is 6.90. The van der Waals surface area contributed by atoms with E-state index < -0.39 is 0 Å². The predicted octanol–water partition coefficient (Wildman–Crippen LogP) is 2.03. The lowest BCUT2D eigenvalue weighted by Gasteiger charge is -2.00. The average molecular weight is 181 g/mol. The molecule has 0 unspecified atom stereocenters. The van der Waals surface area contributed by atoms with Gasteiger partial charge in [-0.05, 0) is 12.1 Å². The molecule has 1 rings (SSSR count). The van der Waals surface area contributed by atoms with Crippen molar-refractivity contribution in [3.05, 3.63) is 30.0 Å². The molecule has 0 N–H and O–H groups in total. The van der Waals surface area contributed by atoms with Crippen molar-refractivity contribution < 1.29 is 4.74 Å². The third kappa shape index (κ3) is 2.27. The minimum atomic E-state index is 0.649. The fourth-order valence-electron chi connectivity index (χ4n) is 0.880. The lowest BCUT2D eigenvalue weighted by molar-refractivity contribution is 0.397. The first kappa shape index (κ1) is 9.13. The van der Waals surface area contributed by atoms with Crippen molar-refractivity contribution in [3.8, 4) is 5.88 Å². The van der Waals surface area contributed by atoms with Crippen molar-refractivity contribution in [1.82, 2.24) is 4.98 Å². The average Bonchev–Trinajstić information content (AvgIpc) is 2.15. The van der Waals surface area contributed by atoms with E-state index >= 15 is 0 Å². The summed E-state index contributed by atoms with van der Waals surface area (Å²) < 4.78 is 5.06. The molecule has 12 heavy (non-hydrogen) atoms. The van der Waals surface area contributed by atoms with Crippen LogP contribution in [0.2, 0.25) is 0 Å². The summed E-state index contributed by atoms with van der Waals surface area (Å²) in [6.07, 6.45) is 5.60. The summed E-state index contributed by atoms with van der Waals surface area (Å²) >= 11 is 4.07. The van der Waals surface area contributed by atoms with Gasteiger partial charge in [-0.25, -0.2) is 4.98 Å². The van der Waals surface area contributed by atoms with Crippen LogP contribution in [0.25, 0.3) is 6.08 Å². The van der Waals surface area contributed by atoms with Crippen molar-refractivity contribution >= 4 is 18.7 Å². The van der Waals surface area contributed by atoms with Gasteiger partial charge in [0.05, 0.1) is 7.11 Å². The van der Waals surface area contributed by atoms with Crippen LogP contribution in [0.5, 0.6) is 5.88 Å². The Morgan fingerprint density at radius 1 is 1.67 bits per heavy atom. The SMILES string of the molecule is COc1ncccc1C=CCS. The van der Waals surface area contributed by atoms with Gasteiger partial charge in [0.15, 0.2) is 0 Å². The quantitative estimate of drug-likeness (QED) is 0.721. The molecule has 0 saturated heterocycles. The molecule has 0 spiro atoms. The number of ether oxygens (including phenoxy) is 1. The van der Waals surface area contributed by atoms with Gasteiger partial charge in [0.1, 0.15) is 0 Å². The van der Waals surface area contributed by atoms with Crippen molar-refractivity contribution in [1.29, 1.82) is 0 Å². The molecule has 0 aliphatic rings. The molecule has 0 amide bonds. The molecule has 0 fully saturated rings. The van der Waals surface area contributed by atoms with Crippen molar-refractivity contribution in [2.24, 2.45) is 0 Å². The molecule has 0 aromatic carbocycles. The minimum absolute atomic E-state index is 0.649. The maximum Gasteiger partial charge on any atom is 0.220 e. The van der Waals surface area contributed by atoms with Crippen LogP contribution in [-0.4, -0.2) is 17.8 Å². The van der Waals surface area contributed by atoms with Crippen LogP contribution in [0.15, 0.2) is 24.4 Å². The second-order valence-corrected chi connectivity index (χ2v) is 2.55. The normalized spacial score (nSPS) is 10.5. The standard InChI is InChI=1S/C9H11NOS/c1-11-9-8(5-3-7-12)4-2-6-10-9/h2-6,12H,7H2,1H3. The topological polar surface area (TPSA) is 22.1 Å². The van der Waals surface area contributed by atoms with Crippen LogP contribution in [0.1, 0.15) is 5.56 Å². The molecule has 0 saturated carbocycles. The maximum atomic E-state index is 5.06. The molecule has 0 radical (unpaired) electrons. The highest BCUT2D eigenvalue weighted by Crippen LogP contribution is 2.14. The smallest absolute Gasteiger partial charge is 0.220 e. The lowest BCUT2D eigenvalue weighted by Crippen LogP contribution is -1.89. The van der Waals surface area contributed by atoms with Gasteiger partial charge in [-0.1, -0.05) is 12.2 Å². The van der Waals surface area contributed by atoms with Gasteiger partial charge < -0.3 is 4.74 Å². The van der Waals surface area contributed by atoms with Gasteiger partial charge in [-0.3, -0.25) is 0 Å². The van der Waals surface area contributed by atoms with E-state index in [1.54, 1.807) is 13.3 Å². The Morgan fingerprint density at radius 3 is 3.17 bits per heavy atom. The molecule has 0 aliphatic heterocycles. The van der Waals surface area contributed by atoms with E-state index in [0.29, 0.717) is 5.88 Å². The maximum absolute atomic E-state index is 5.06. The van der Waals surface area contributed by atoms with Crippen LogP contribution in [0, 0.1) is 0 Å². The van der Waals surface area contributed by atoms with E-state index in [1.165, 1.54) is 0 Å². The Labute approximate surface area is 77.7 Å². The highest BCUT2D eigenvalue weighted by Gasteiger charge is 1.96. The molecule has 0 bridgehead atoms. The largest absolute Gasteiger partial charge is 0.481 e. The Morgan fingerprint density at radius 2 is 2.50 bits per heavy atom. The summed E-state index contributed by atoms with van der Waals surface area (Å²) in [4.78, 5) is 4.05. The third-order valence-electron chi connectivity index (χ3n) is 1.40. The van der Waals surface area contributed by atoms with Crippen molar-refractivity contribution in [3.63, 3.8) is 0 Å². The Kier molecular flexibility index (Phi) is 3.67. The molecular formula is C9H11NOS. The van der Waals surface area contributed by atoms with Gasteiger partial charge in [0.25, 0.3) is 0 Å². The van der Waals surface area contributed by atoms with Crippen LogP contribution < -0.4 is 4.74 Å². The number of hydrogen-bond acceptors (Lipinski definition) is 3. The van der Waals surface area contributed by atoms with Crippen LogP contribution >= 0.6 is 12.6 Å². The Bertz CT molecular complexity index is 273. The van der Waals surface area contributed by atoms with E-state index in [1.807, 2.05) is 24.3 Å². The second kappa shape index (κ2) is 4.83. The fraction of sp³-hybridized carbons (Fsp3) is 0.222. The number of aromatic nitrogens is 1. The predicted molar refractivity (Wildman–Crippen MR) is 53.7 cm³/mol. The third-order valence-corrected chi connectivity index (χ3v) is 1.61. The van der Waals surface area contributed by atoms with E-state index in [9.17, 15) is 0 Å². The lowest BCUT2D eigenvalue weighted by atomic mass is 10.2. The van der Waals surface area contributed by atoms with Crippen molar-refractivity contribution in [2.45, 2.75) is 0 Å². The highest BCUT2D eigenvalue weighted by molar-refractivity contribution is 7.80. The first-order chi connectivity index (χ1) is 5.88. The number of pyridine rings is 1. The Hall–Kier alpha value is -0.960. The number of nitrogens with zero attached hydrogens (tertiary/aromatic N) is 1. The minimum Gasteiger partial charge on any atom is -0.481 e. The zero-order valence-corrected chi connectivity index (χ0v) is 7.79. The van der Waals surface area contributed by atoms with E-state index in [4.69, 9.17) is 4.74 Å². The summed E-state index contributed by atoms with van der Waals surface area (Å²) in [7, 11) is 1.61. The molecule has 64 valence electrons. The van der Waals surface area contributed by atoms with E-state index in [-0.39, 0.29) is 0 Å². The summed E-state index contributed by atoms with van der Waals surface area (Å²) in [6, 6.07) is 3.83.